The molecule has 1 aliphatic rings. The van der Waals surface area contributed by atoms with Crippen molar-refractivity contribution in [3.63, 3.8) is 0 Å². The molecule has 0 amide bonds. The predicted octanol–water partition coefficient (Wildman–Crippen LogP) is 0.631. The molecule has 1 rings (SSSR count). The summed E-state index contributed by atoms with van der Waals surface area (Å²) < 4.78 is 15.4. The van der Waals surface area contributed by atoms with E-state index in [9.17, 15) is 4.57 Å². The van der Waals surface area contributed by atoms with E-state index in [4.69, 9.17) is 9.63 Å². The molecule has 4 heteroatoms. The molecular formula is C4H9O3P. The molecule has 1 unspecified atom stereocenters. The van der Waals surface area contributed by atoms with E-state index < -0.39 is 7.37 Å². The number of hydrogen-bond donors (Lipinski definition) is 1. The van der Waals surface area contributed by atoms with Crippen LogP contribution in [0.15, 0.2) is 0 Å². The Morgan fingerprint density at radius 2 is 2.12 bits per heavy atom. The normalized spacial score (nSPS) is 43.4. The second kappa shape index (κ2) is 1.56. The Balaban J connectivity index is 2.52. The SMILES string of the molecule is C[C@@H]1O[C@@H]1P(C)(=O)O. The highest BCUT2D eigenvalue weighted by molar-refractivity contribution is 7.58. The second-order valence-electron chi connectivity index (χ2n) is 2.18. The number of hydrogen-bond acceptors (Lipinski definition) is 2. The predicted molar refractivity (Wildman–Crippen MR) is 30.1 cm³/mol. The molecule has 48 valence electrons. The quantitative estimate of drug-likeness (QED) is 0.425. The van der Waals surface area contributed by atoms with Gasteiger partial charge in [0, 0.05) is 6.66 Å². The van der Waals surface area contributed by atoms with Gasteiger partial charge in [0.05, 0.1) is 6.10 Å². The zero-order valence-corrected chi connectivity index (χ0v) is 5.76. The summed E-state index contributed by atoms with van der Waals surface area (Å²) in [4.78, 5) is 8.76. The fourth-order valence-corrected chi connectivity index (χ4v) is 1.87. The van der Waals surface area contributed by atoms with Crippen LogP contribution >= 0.6 is 7.37 Å². The molecule has 1 saturated heterocycles. The third-order valence-corrected chi connectivity index (χ3v) is 2.64. The van der Waals surface area contributed by atoms with Crippen molar-refractivity contribution < 1.29 is 14.2 Å². The Hall–Kier alpha value is 0.150. The third kappa shape index (κ3) is 1.10. The summed E-state index contributed by atoms with van der Waals surface area (Å²) in [5.74, 6) is -0.373. The molecule has 0 bridgehead atoms. The van der Waals surface area contributed by atoms with Gasteiger partial charge in [0.1, 0.15) is 0 Å². The lowest BCUT2D eigenvalue weighted by Crippen LogP contribution is -1.88. The summed E-state index contributed by atoms with van der Waals surface area (Å²) in [7, 11) is -2.90. The Labute approximate surface area is 48.1 Å². The van der Waals surface area contributed by atoms with Crippen molar-refractivity contribution in [3.05, 3.63) is 0 Å². The van der Waals surface area contributed by atoms with Crippen LogP contribution in [0.5, 0.6) is 0 Å². The fourth-order valence-electron chi connectivity index (χ4n) is 0.677. The fraction of sp³-hybridized carbons (Fsp3) is 1.00. The number of ether oxygens (including phenoxy) is 1. The zero-order chi connectivity index (χ0) is 6.36. The summed E-state index contributed by atoms with van der Waals surface area (Å²) in [6, 6.07) is 0. The summed E-state index contributed by atoms with van der Waals surface area (Å²) in [6.45, 7) is 3.11. The molecular weight excluding hydrogens is 127 g/mol. The van der Waals surface area contributed by atoms with Gasteiger partial charge >= 0.3 is 0 Å². The van der Waals surface area contributed by atoms with E-state index in [2.05, 4.69) is 0 Å². The van der Waals surface area contributed by atoms with Gasteiger partial charge in [-0.1, -0.05) is 0 Å². The van der Waals surface area contributed by atoms with E-state index in [0.717, 1.165) is 0 Å². The highest BCUT2D eigenvalue weighted by Crippen LogP contribution is 2.52. The van der Waals surface area contributed by atoms with Crippen LogP contribution in [0, 0.1) is 0 Å². The van der Waals surface area contributed by atoms with Crippen molar-refractivity contribution in [2.75, 3.05) is 6.66 Å². The van der Waals surface area contributed by atoms with Gasteiger partial charge in [-0.25, -0.2) is 0 Å². The molecule has 0 spiro atoms. The molecule has 0 radical (unpaired) electrons. The first kappa shape index (κ1) is 6.27. The first-order chi connectivity index (χ1) is 3.52. The zero-order valence-electron chi connectivity index (χ0n) is 4.87. The standard InChI is InChI=1S/C4H9O3P/c1-3-4(7-3)8(2,5)6/h3-4H,1-2H3,(H,5,6)/t3-,4+/m0/s1. The van der Waals surface area contributed by atoms with Crippen molar-refractivity contribution in [1.29, 1.82) is 0 Å². The van der Waals surface area contributed by atoms with Gasteiger partial charge in [-0.2, -0.15) is 0 Å². The maximum Gasteiger partial charge on any atom is 0.228 e. The summed E-state index contributed by atoms with van der Waals surface area (Å²) in [5.41, 5.74) is 0. The van der Waals surface area contributed by atoms with Crippen LogP contribution in [0.1, 0.15) is 6.92 Å². The largest absolute Gasteiger partial charge is 0.359 e. The minimum Gasteiger partial charge on any atom is -0.359 e. The first-order valence-corrected chi connectivity index (χ1v) is 4.65. The highest BCUT2D eigenvalue weighted by Gasteiger charge is 2.45. The molecule has 8 heavy (non-hydrogen) atoms. The number of rotatable bonds is 1. The first-order valence-electron chi connectivity index (χ1n) is 2.47. The Morgan fingerprint density at radius 1 is 1.75 bits per heavy atom. The minimum atomic E-state index is -2.90. The molecule has 1 N–H and O–H groups in total. The summed E-state index contributed by atoms with van der Waals surface area (Å²) in [6.07, 6.45) is -0.00386. The number of epoxide rings is 1. The van der Waals surface area contributed by atoms with Gasteiger partial charge in [-0.15, -0.1) is 0 Å². The van der Waals surface area contributed by atoms with Gasteiger partial charge in [0.25, 0.3) is 0 Å². The van der Waals surface area contributed by atoms with E-state index in [1.54, 1.807) is 6.92 Å². The van der Waals surface area contributed by atoms with E-state index in [-0.39, 0.29) is 11.9 Å². The maximum absolute atomic E-state index is 10.6. The smallest absolute Gasteiger partial charge is 0.228 e. The van der Waals surface area contributed by atoms with Gasteiger partial charge in [-0.3, -0.25) is 4.57 Å². The topological polar surface area (TPSA) is 49.8 Å². The monoisotopic (exact) mass is 136 g/mol. The van der Waals surface area contributed by atoms with Gasteiger partial charge < -0.3 is 9.63 Å². The average Bonchev–Trinajstić information content (AvgIpc) is 2.13. The van der Waals surface area contributed by atoms with E-state index in [1.807, 2.05) is 0 Å². The lowest BCUT2D eigenvalue weighted by atomic mass is 10.6. The van der Waals surface area contributed by atoms with Gasteiger partial charge in [0.2, 0.25) is 7.37 Å². The van der Waals surface area contributed by atoms with Crippen molar-refractivity contribution in [3.8, 4) is 0 Å². The molecule has 1 aliphatic heterocycles. The Kier molecular flexibility index (Phi) is 1.23. The molecule has 3 nitrogen and oxygen atoms in total. The maximum atomic E-state index is 10.6. The lowest BCUT2D eigenvalue weighted by molar-refractivity contribution is 0.389. The van der Waals surface area contributed by atoms with E-state index in [1.165, 1.54) is 6.66 Å². The molecule has 0 aromatic carbocycles. The van der Waals surface area contributed by atoms with E-state index in [0.29, 0.717) is 0 Å². The molecule has 1 heterocycles. The van der Waals surface area contributed by atoms with Gasteiger partial charge in [-0.05, 0) is 6.92 Å². The molecule has 0 aromatic rings. The van der Waals surface area contributed by atoms with Crippen LogP contribution in [0.4, 0.5) is 0 Å². The van der Waals surface area contributed by atoms with Crippen molar-refractivity contribution in [1.82, 2.24) is 0 Å². The van der Waals surface area contributed by atoms with Crippen LogP contribution in [-0.2, 0) is 9.30 Å². The van der Waals surface area contributed by atoms with Crippen molar-refractivity contribution >= 4 is 7.37 Å². The third-order valence-electron chi connectivity index (χ3n) is 1.15. The van der Waals surface area contributed by atoms with Gasteiger partial charge in [0.15, 0.2) is 5.85 Å². The van der Waals surface area contributed by atoms with Crippen molar-refractivity contribution in [2.45, 2.75) is 18.9 Å². The van der Waals surface area contributed by atoms with Crippen LogP contribution in [0.25, 0.3) is 0 Å². The molecule has 0 aromatic heterocycles. The average molecular weight is 136 g/mol. The Morgan fingerprint density at radius 3 is 2.12 bits per heavy atom. The lowest BCUT2D eigenvalue weighted by Gasteiger charge is -1.95. The van der Waals surface area contributed by atoms with Crippen LogP contribution in [-0.4, -0.2) is 23.5 Å². The highest BCUT2D eigenvalue weighted by atomic mass is 31.2. The Bertz CT molecular complexity index is 138. The second-order valence-corrected chi connectivity index (χ2v) is 4.57. The molecule has 3 atom stereocenters. The van der Waals surface area contributed by atoms with Crippen LogP contribution in [0.3, 0.4) is 0 Å². The molecule has 1 fully saturated rings. The van der Waals surface area contributed by atoms with Crippen LogP contribution in [0.2, 0.25) is 0 Å². The molecule has 0 saturated carbocycles. The summed E-state index contributed by atoms with van der Waals surface area (Å²) >= 11 is 0. The molecule has 0 aliphatic carbocycles. The van der Waals surface area contributed by atoms with Crippen LogP contribution < -0.4 is 0 Å². The van der Waals surface area contributed by atoms with E-state index >= 15 is 0 Å². The minimum absolute atomic E-state index is 0.00386. The summed E-state index contributed by atoms with van der Waals surface area (Å²) in [5, 5.41) is 0. The van der Waals surface area contributed by atoms with Crippen molar-refractivity contribution in [2.24, 2.45) is 0 Å².